The highest BCUT2D eigenvalue weighted by molar-refractivity contribution is 7.36. The minimum atomic E-state index is -2.24. The second kappa shape index (κ2) is 10.2. The zero-order valence-electron chi connectivity index (χ0n) is 19.4. The summed E-state index contributed by atoms with van der Waals surface area (Å²) in [4.78, 5) is 25.0. The van der Waals surface area contributed by atoms with Gasteiger partial charge in [-0.25, -0.2) is 15.0 Å². The van der Waals surface area contributed by atoms with Gasteiger partial charge in [0.05, 0.1) is 19.0 Å². The molecule has 0 aliphatic carbocycles. The predicted octanol–water partition coefficient (Wildman–Crippen LogP) is 3.03. The van der Waals surface area contributed by atoms with Gasteiger partial charge in [-0.3, -0.25) is 9.36 Å². The van der Waals surface area contributed by atoms with Crippen LogP contribution in [0.1, 0.15) is 47.3 Å². The Balaban J connectivity index is 1.51. The number of aromatic nitrogens is 4. The summed E-state index contributed by atoms with van der Waals surface area (Å²) in [6.45, 7) is 9.99. The average molecular weight is 467 g/mol. The Bertz CT molecular complexity index is 962. The van der Waals surface area contributed by atoms with E-state index in [1.807, 2.05) is 25.3 Å². The smallest absolute Gasteiger partial charge is 0.464 e. The second-order valence-corrected chi connectivity index (χ2v) is 10.3. The third kappa shape index (κ3) is 5.98. The Labute approximate surface area is 188 Å². The molecule has 3 rings (SSSR count). The van der Waals surface area contributed by atoms with Gasteiger partial charge in [0.15, 0.2) is 11.5 Å². The number of hydrogen-bond acceptors (Lipinski definition) is 9. The molecule has 5 unspecified atom stereocenters. The van der Waals surface area contributed by atoms with Gasteiger partial charge in [-0.15, -0.1) is 4.52 Å². The fraction of sp³-hybridized carbons (Fsp3) is 0.700. The Morgan fingerprint density at radius 2 is 2.12 bits per heavy atom. The van der Waals surface area contributed by atoms with Crippen molar-refractivity contribution in [2.24, 2.45) is 11.3 Å². The first-order valence-electron chi connectivity index (χ1n) is 10.6. The van der Waals surface area contributed by atoms with Crippen molar-refractivity contribution < 1.29 is 23.4 Å². The molecule has 12 heteroatoms. The van der Waals surface area contributed by atoms with Gasteiger partial charge in [-0.2, -0.15) is 0 Å². The summed E-state index contributed by atoms with van der Waals surface area (Å²) in [5.74, 6) is 0.358. The molecule has 2 aromatic rings. The quantitative estimate of drug-likeness (QED) is 0.419. The fourth-order valence-electron chi connectivity index (χ4n) is 3.40. The van der Waals surface area contributed by atoms with Gasteiger partial charge in [-0.05, 0) is 23.3 Å². The number of nitrogens with zero attached hydrogens (tertiary/aromatic N) is 4. The molecule has 0 saturated carbocycles. The highest BCUT2D eigenvalue weighted by Gasteiger charge is 2.37. The van der Waals surface area contributed by atoms with Crippen LogP contribution in [0, 0.1) is 11.3 Å². The Hall–Kier alpha value is -2.20. The number of carbonyl (C=O) groups is 1. The number of carbonyl (C=O) groups excluding carboxylic acids is 1. The number of rotatable bonds is 9. The normalized spacial score (nSPS) is 22.7. The summed E-state index contributed by atoms with van der Waals surface area (Å²) in [6.07, 6.45) is 3.38. The van der Waals surface area contributed by atoms with Crippen LogP contribution in [0.4, 0.5) is 5.82 Å². The maximum Gasteiger partial charge on any atom is 0.613 e. The van der Waals surface area contributed by atoms with Gasteiger partial charge in [0.25, 0.3) is 0 Å². The van der Waals surface area contributed by atoms with Crippen LogP contribution >= 0.6 is 8.18 Å². The third-order valence-corrected chi connectivity index (χ3v) is 5.98. The van der Waals surface area contributed by atoms with Crippen LogP contribution in [0.25, 0.3) is 11.2 Å². The Morgan fingerprint density at radius 1 is 1.38 bits per heavy atom. The zero-order valence-corrected chi connectivity index (χ0v) is 20.3. The van der Waals surface area contributed by atoms with E-state index in [1.54, 1.807) is 20.3 Å². The first-order valence-corrected chi connectivity index (χ1v) is 11.8. The highest BCUT2D eigenvalue weighted by atomic mass is 31.1. The van der Waals surface area contributed by atoms with Crippen molar-refractivity contribution >= 4 is 31.1 Å². The molecule has 2 N–H and O–H groups in total. The zero-order chi connectivity index (χ0) is 23.5. The third-order valence-electron chi connectivity index (χ3n) is 5.00. The summed E-state index contributed by atoms with van der Waals surface area (Å²) >= 11 is 0. The van der Waals surface area contributed by atoms with E-state index in [0.29, 0.717) is 17.0 Å². The highest BCUT2D eigenvalue weighted by Crippen LogP contribution is 2.37. The fourth-order valence-corrected chi connectivity index (χ4v) is 4.20. The molecule has 1 saturated heterocycles. The maximum absolute atomic E-state index is 12.3. The standard InChI is InChI=1S/C20H32N6O5P/c1-12-7-14(8-30-32(28)25-13(2)19(27)29-9-20(3,4)5)31-18(12)26-11-24-15-16(21-6)22-10-23-17(15)26/h10-14,18H,7-9H2,1-6H3,(H,25,28)(H,21,22,23)/q+1. The molecule has 1 aliphatic heterocycles. The van der Waals surface area contributed by atoms with Crippen molar-refractivity contribution in [1.29, 1.82) is 0 Å². The van der Waals surface area contributed by atoms with E-state index in [2.05, 4.69) is 32.3 Å². The van der Waals surface area contributed by atoms with Crippen molar-refractivity contribution in [1.82, 2.24) is 24.6 Å². The lowest BCUT2D eigenvalue weighted by atomic mass is 9.99. The summed E-state index contributed by atoms with van der Waals surface area (Å²) in [7, 11) is -0.464. The van der Waals surface area contributed by atoms with Gasteiger partial charge in [0.1, 0.15) is 30.7 Å². The number of nitrogens with one attached hydrogen (secondary N) is 2. The molecule has 1 aliphatic rings. The topological polar surface area (TPSA) is 129 Å². The van der Waals surface area contributed by atoms with Crippen LogP contribution in [-0.4, -0.2) is 57.9 Å². The van der Waals surface area contributed by atoms with Crippen molar-refractivity contribution in [3.63, 3.8) is 0 Å². The lowest BCUT2D eigenvalue weighted by molar-refractivity contribution is -0.148. The van der Waals surface area contributed by atoms with E-state index in [4.69, 9.17) is 14.0 Å². The SMILES string of the molecule is CNc1ncnc2c1ncn2C1OC(CO[P+](=O)NC(C)C(=O)OCC(C)(C)C)CC1C. The van der Waals surface area contributed by atoms with E-state index < -0.39 is 20.2 Å². The van der Waals surface area contributed by atoms with E-state index in [-0.39, 0.29) is 36.9 Å². The largest absolute Gasteiger partial charge is 0.613 e. The maximum atomic E-state index is 12.3. The molecule has 11 nitrogen and oxygen atoms in total. The van der Waals surface area contributed by atoms with Gasteiger partial charge < -0.3 is 14.8 Å². The van der Waals surface area contributed by atoms with E-state index >= 15 is 0 Å². The van der Waals surface area contributed by atoms with Crippen molar-refractivity contribution in [2.75, 3.05) is 25.6 Å². The molecule has 1 fully saturated rings. The van der Waals surface area contributed by atoms with E-state index in [9.17, 15) is 9.36 Å². The van der Waals surface area contributed by atoms with Crippen LogP contribution < -0.4 is 10.4 Å². The summed E-state index contributed by atoms with van der Waals surface area (Å²) in [5.41, 5.74) is 1.21. The van der Waals surface area contributed by atoms with Crippen LogP contribution in [0.2, 0.25) is 0 Å². The van der Waals surface area contributed by atoms with Crippen LogP contribution in [-0.2, 0) is 23.4 Å². The first-order chi connectivity index (χ1) is 15.1. The van der Waals surface area contributed by atoms with Crippen LogP contribution in [0.5, 0.6) is 0 Å². The molecule has 2 aromatic heterocycles. The molecule has 3 heterocycles. The molecule has 0 amide bonds. The van der Waals surface area contributed by atoms with Gasteiger partial charge in [0, 0.05) is 13.0 Å². The Kier molecular flexibility index (Phi) is 7.76. The second-order valence-electron chi connectivity index (χ2n) is 9.23. The Morgan fingerprint density at radius 3 is 2.81 bits per heavy atom. The van der Waals surface area contributed by atoms with Crippen LogP contribution in [0.15, 0.2) is 12.7 Å². The van der Waals surface area contributed by atoms with Crippen molar-refractivity contribution in [3.8, 4) is 0 Å². The summed E-state index contributed by atoms with van der Waals surface area (Å²) < 4.78 is 31.0. The predicted molar refractivity (Wildman–Crippen MR) is 119 cm³/mol. The molecule has 0 bridgehead atoms. The van der Waals surface area contributed by atoms with Gasteiger partial charge in [-0.1, -0.05) is 32.8 Å². The molecule has 0 radical (unpaired) electrons. The molecule has 32 heavy (non-hydrogen) atoms. The first kappa shape index (κ1) is 24.4. The number of hydrogen-bond donors (Lipinski definition) is 2. The lowest BCUT2D eigenvalue weighted by Crippen LogP contribution is -2.33. The van der Waals surface area contributed by atoms with Crippen molar-refractivity contribution in [3.05, 3.63) is 12.7 Å². The lowest BCUT2D eigenvalue weighted by Gasteiger charge is -2.18. The van der Waals surface area contributed by atoms with E-state index in [1.165, 1.54) is 6.33 Å². The summed E-state index contributed by atoms with van der Waals surface area (Å²) in [5, 5.41) is 5.65. The number of imidazole rings is 1. The number of ether oxygens (including phenoxy) is 2. The molecular formula is C20H32N6O5P+. The number of fused-ring (bicyclic) bond motifs is 1. The minimum Gasteiger partial charge on any atom is -0.464 e. The number of anilines is 1. The molecule has 176 valence electrons. The average Bonchev–Trinajstić information content (AvgIpc) is 3.32. The summed E-state index contributed by atoms with van der Waals surface area (Å²) in [6, 6.07) is -0.740. The molecule has 0 aromatic carbocycles. The molecular weight excluding hydrogens is 435 g/mol. The van der Waals surface area contributed by atoms with Crippen molar-refractivity contribution in [2.45, 2.75) is 59.4 Å². The number of esters is 1. The molecule has 5 atom stereocenters. The van der Waals surface area contributed by atoms with E-state index in [0.717, 1.165) is 6.42 Å². The van der Waals surface area contributed by atoms with Gasteiger partial charge >= 0.3 is 14.1 Å². The molecule has 0 spiro atoms. The monoisotopic (exact) mass is 467 g/mol. The van der Waals surface area contributed by atoms with Crippen LogP contribution in [0.3, 0.4) is 0 Å². The van der Waals surface area contributed by atoms with Gasteiger partial charge in [0.2, 0.25) is 0 Å². The minimum absolute atomic E-state index is 0.135.